The Morgan fingerprint density at radius 3 is 1.73 bits per heavy atom. The highest BCUT2D eigenvalue weighted by Crippen LogP contribution is 2.40. The van der Waals surface area contributed by atoms with Gasteiger partial charge in [-0.2, -0.15) is 10.2 Å². The van der Waals surface area contributed by atoms with E-state index in [0.717, 1.165) is 37.1 Å². The summed E-state index contributed by atoms with van der Waals surface area (Å²) in [5.41, 5.74) is 7.47. The van der Waals surface area contributed by atoms with Crippen LogP contribution in [0.1, 0.15) is 51.4 Å². The third-order valence-electron chi connectivity index (χ3n) is 6.00. The molecule has 4 atom stereocenters. The average molecular weight is 354 g/mol. The van der Waals surface area contributed by atoms with Gasteiger partial charge in [0.2, 0.25) is 11.8 Å². The van der Waals surface area contributed by atoms with Gasteiger partial charge in [-0.05, 0) is 50.4 Å². The first kappa shape index (κ1) is 17.2. The number of unbranched alkanes of at least 4 members (excludes halogenated alkanes) is 1. The molecule has 6 nitrogen and oxygen atoms in total. The molecule has 0 heterocycles. The molecule has 2 amide bonds. The molecule has 4 unspecified atom stereocenters. The van der Waals surface area contributed by atoms with Crippen LogP contribution >= 0.6 is 0 Å². The first-order valence-electron chi connectivity index (χ1n) is 9.74. The van der Waals surface area contributed by atoms with E-state index in [4.69, 9.17) is 0 Å². The Balaban J connectivity index is 1.07. The summed E-state index contributed by atoms with van der Waals surface area (Å²) >= 11 is 0. The number of rotatable bonds is 7. The smallest absolute Gasteiger partial charge is 0.240 e. The Morgan fingerprint density at radius 1 is 0.846 bits per heavy atom. The van der Waals surface area contributed by atoms with Gasteiger partial charge in [0.1, 0.15) is 0 Å². The van der Waals surface area contributed by atoms with Gasteiger partial charge in [-0.3, -0.25) is 9.59 Å². The molecule has 4 aliphatic rings. The van der Waals surface area contributed by atoms with Crippen molar-refractivity contribution in [2.75, 3.05) is 0 Å². The van der Waals surface area contributed by atoms with Gasteiger partial charge in [-0.1, -0.05) is 24.3 Å². The zero-order chi connectivity index (χ0) is 17.9. The highest BCUT2D eigenvalue weighted by atomic mass is 16.2. The maximum absolute atomic E-state index is 11.8. The molecule has 0 radical (unpaired) electrons. The molecule has 4 rings (SSSR count). The van der Waals surface area contributed by atoms with Crippen LogP contribution in [0, 0.1) is 23.7 Å². The number of allylic oxidation sites excluding steroid dienone is 4. The lowest BCUT2D eigenvalue weighted by Crippen LogP contribution is -2.35. The van der Waals surface area contributed by atoms with Crippen molar-refractivity contribution < 1.29 is 9.59 Å². The van der Waals surface area contributed by atoms with Crippen LogP contribution in [0.15, 0.2) is 34.5 Å². The third kappa shape index (κ3) is 3.64. The predicted octanol–water partition coefficient (Wildman–Crippen LogP) is 2.68. The van der Waals surface area contributed by atoms with Gasteiger partial charge < -0.3 is 0 Å². The first-order valence-corrected chi connectivity index (χ1v) is 9.74. The van der Waals surface area contributed by atoms with Crippen molar-refractivity contribution >= 4 is 23.2 Å². The van der Waals surface area contributed by atoms with Gasteiger partial charge in [0.15, 0.2) is 0 Å². The minimum absolute atomic E-state index is 0.0721. The number of hydrogen-bond donors (Lipinski definition) is 2. The maximum Gasteiger partial charge on any atom is 0.240 e. The molecule has 4 aliphatic carbocycles. The maximum atomic E-state index is 11.8. The standard InChI is InChI=1S/C20H26N4O2/c25-19(23-21-17-11-13-5-3-7-15(13)17)9-1-2-10-20(26)24-22-18-12-14-6-4-8-16(14)18/h3-4,7-8,13-16H,1-2,5-6,9-12H2,(H,23,25)(H,24,26). The molecule has 2 N–H and O–H groups in total. The Labute approximate surface area is 153 Å². The van der Waals surface area contributed by atoms with Crippen molar-refractivity contribution in [1.29, 1.82) is 0 Å². The molecule has 26 heavy (non-hydrogen) atoms. The number of nitrogens with one attached hydrogen (secondary N) is 2. The van der Waals surface area contributed by atoms with Gasteiger partial charge in [-0.25, -0.2) is 10.9 Å². The SMILES string of the molecule is O=C(CCCCC(=O)NN=C1CC2CC=CC12)NN=C1CC2CC=CC12. The Morgan fingerprint density at radius 2 is 1.31 bits per heavy atom. The van der Waals surface area contributed by atoms with Crippen molar-refractivity contribution in [3.63, 3.8) is 0 Å². The van der Waals surface area contributed by atoms with Crippen LogP contribution in [0.25, 0.3) is 0 Å². The Kier molecular flexibility index (Phi) is 5.00. The van der Waals surface area contributed by atoms with Gasteiger partial charge >= 0.3 is 0 Å². The lowest BCUT2D eigenvalue weighted by molar-refractivity contribution is -0.123. The summed E-state index contributed by atoms with van der Waals surface area (Å²) < 4.78 is 0. The van der Waals surface area contributed by atoms with E-state index in [1.54, 1.807) is 0 Å². The summed E-state index contributed by atoms with van der Waals surface area (Å²) in [6.07, 6.45) is 15.2. The van der Waals surface area contributed by atoms with E-state index in [-0.39, 0.29) is 11.8 Å². The van der Waals surface area contributed by atoms with Crippen LogP contribution in [0.5, 0.6) is 0 Å². The zero-order valence-electron chi connectivity index (χ0n) is 15.0. The summed E-state index contributed by atoms with van der Waals surface area (Å²) in [6, 6.07) is 0. The minimum atomic E-state index is -0.0721. The molecule has 6 heteroatoms. The normalized spacial score (nSPS) is 33.5. The molecule has 0 aromatic heterocycles. The molecule has 138 valence electrons. The van der Waals surface area contributed by atoms with E-state index < -0.39 is 0 Å². The van der Waals surface area contributed by atoms with Gasteiger partial charge in [-0.15, -0.1) is 0 Å². The number of carbonyl (C=O) groups is 2. The van der Waals surface area contributed by atoms with Crippen molar-refractivity contribution in [1.82, 2.24) is 10.9 Å². The second-order valence-corrected chi connectivity index (χ2v) is 7.79. The van der Waals surface area contributed by atoms with E-state index in [0.29, 0.717) is 49.4 Å². The van der Waals surface area contributed by atoms with E-state index in [2.05, 4.69) is 45.4 Å². The van der Waals surface area contributed by atoms with Crippen LogP contribution in [0.2, 0.25) is 0 Å². The minimum Gasteiger partial charge on any atom is -0.273 e. The van der Waals surface area contributed by atoms with E-state index in [1.165, 1.54) is 0 Å². The fraction of sp³-hybridized carbons (Fsp3) is 0.600. The second kappa shape index (κ2) is 7.56. The van der Waals surface area contributed by atoms with Crippen molar-refractivity contribution in [3.05, 3.63) is 24.3 Å². The molecule has 2 saturated carbocycles. The van der Waals surface area contributed by atoms with Crippen molar-refractivity contribution in [2.24, 2.45) is 33.9 Å². The number of hydrazone groups is 2. The molecular weight excluding hydrogens is 328 g/mol. The molecule has 0 aromatic rings. The van der Waals surface area contributed by atoms with Crippen LogP contribution in [0.4, 0.5) is 0 Å². The average Bonchev–Trinajstić information content (AvgIpc) is 3.15. The molecule has 0 aliphatic heterocycles. The predicted molar refractivity (Wildman–Crippen MR) is 100 cm³/mol. The highest BCUT2D eigenvalue weighted by Gasteiger charge is 2.38. The summed E-state index contributed by atoms with van der Waals surface area (Å²) in [4.78, 5) is 23.7. The van der Waals surface area contributed by atoms with Crippen LogP contribution < -0.4 is 10.9 Å². The summed E-state index contributed by atoms with van der Waals surface area (Å²) in [5.74, 6) is 2.18. The monoisotopic (exact) mass is 354 g/mol. The molecule has 0 saturated heterocycles. The Hall–Kier alpha value is -2.24. The topological polar surface area (TPSA) is 82.9 Å². The largest absolute Gasteiger partial charge is 0.273 e. The molecule has 2 fully saturated rings. The second-order valence-electron chi connectivity index (χ2n) is 7.79. The molecule has 0 spiro atoms. The zero-order valence-corrected chi connectivity index (χ0v) is 15.0. The summed E-state index contributed by atoms with van der Waals surface area (Å²) in [6.45, 7) is 0. The van der Waals surface area contributed by atoms with Crippen LogP contribution in [-0.4, -0.2) is 23.2 Å². The quantitative estimate of drug-likeness (QED) is 0.419. The first-order chi connectivity index (χ1) is 12.7. The Bertz CT molecular complexity index is 647. The molecule has 0 bridgehead atoms. The van der Waals surface area contributed by atoms with E-state index in [1.807, 2.05) is 0 Å². The number of fused-ring (bicyclic) bond motifs is 2. The van der Waals surface area contributed by atoms with Gasteiger partial charge in [0, 0.05) is 36.1 Å². The van der Waals surface area contributed by atoms with E-state index in [9.17, 15) is 9.59 Å². The number of amides is 2. The number of nitrogens with zero attached hydrogens (tertiary/aromatic N) is 2. The van der Waals surface area contributed by atoms with Crippen LogP contribution in [0.3, 0.4) is 0 Å². The number of carbonyl (C=O) groups excluding carboxylic acids is 2. The fourth-order valence-electron chi connectivity index (χ4n) is 4.27. The van der Waals surface area contributed by atoms with Gasteiger partial charge in [0.25, 0.3) is 0 Å². The van der Waals surface area contributed by atoms with Crippen LogP contribution in [-0.2, 0) is 9.59 Å². The lowest BCUT2D eigenvalue weighted by atomic mass is 9.74. The fourth-order valence-corrected chi connectivity index (χ4v) is 4.27. The van der Waals surface area contributed by atoms with E-state index >= 15 is 0 Å². The number of hydrogen-bond acceptors (Lipinski definition) is 4. The summed E-state index contributed by atoms with van der Waals surface area (Å²) in [5, 5.41) is 8.48. The van der Waals surface area contributed by atoms with Crippen molar-refractivity contribution in [2.45, 2.75) is 51.4 Å². The highest BCUT2D eigenvalue weighted by molar-refractivity contribution is 5.96. The third-order valence-corrected chi connectivity index (χ3v) is 6.00. The lowest BCUT2D eigenvalue weighted by Gasteiger charge is -2.31. The molecule has 0 aromatic carbocycles. The van der Waals surface area contributed by atoms with Crippen molar-refractivity contribution in [3.8, 4) is 0 Å². The van der Waals surface area contributed by atoms with Gasteiger partial charge in [0.05, 0.1) is 0 Å². The molecular formula is C20H26N4O2. The summed E-state index contributed by atoms with van der Waals surface area (Å²) in [7, 11) is 0.